The van der Waals surface area contributed by atoms with Crippen molar-refractivity contribution in [3.05, 3.63) is 77.0 Å². The zero-order chi connectivity index (χ0) is 24.2. The summed E-state index contributed by atoms with van der Waals surface area (Å²) >= 11 is 0. The first kappa shape index (κ1) is 22.7. The second-order valence-electron chi connectivity index (χ2n) is 7.14. The highest BCUT2D eigenvalue weighted by Gasteiger charge is 2.29. The quantitative estimate of drug-likeness (QED) is 0.287. The number of carbonyl (C=O) groups excluding carboxylic acids is 2. The van der Waals surface area contributed by atoms with Gasteiger partial charge in [0, 0.05) is 11.6 Å². The molecule has 0 saturated heterocycles. The Morgan fingerprint density at radius 2 is 1.50 bits per heavy atom. The molecule has 0 aliphatic carbocycles. The van der Waals surface area contributed by atoms with Gasteiger partial charge >= 0.3 is 5.97 Å². The summed E-state index contributed by atoms with van der Waals surface area (Å²) in [6, 6.07) is 14.6. The van der Waals surface area contributed by atoms with Crippen molar-refractivity contribution in [1.82, 2.24) is 0 Å². The molecule has 1 heterocycles. The Balaban J connectivity index is 1.58. The molecule has 34 heavy (non-hydrogen) atoms. The Labute approximate surface area is 196 Å². The number of ether oxygens (including phenoxy) is 6. The third-order valence-corrected chi connectivity index (χ3v) is 5.20. The van der Waals surface area contributed by atoms with Crippen LogP contribution < -0.4 is 28.4 Å². The summed E-state index contributed by atoms with van der Waals surface area (Å²) in [7, 11) is 6.06. The van der Waals surface area contributed by atoms with Crippen LogP contribution in [0.15, 0.2) is 60.4 Å². The van der Waals surface area contributed by atoms with Gasteiger partial charge in [0.15, 0.2) is 17.3 Å². The smallest absolute Gasteiger partial charge is 0.343 e. The second-order valence-corrected chi connectivity index (χ2v) is 7.14. The Bertz CT molecular complexity index is 1270. The maximum Gasteiger partial charge on any atom is 0.343 e. The van der Waals surface area contributed by atoms with Crippen LogP contribution in [0.25, 0.3) is 6.08 Å². The summed E-state index contributed by atoms with van der Waals surface area (Å²) in [5, 5.41) is 0. The first-order chi connectivity index (χ1) is 16.5. The fourth-order valence-corrected chi connectivity index (χ4v) is 3.50. The SMILES string of the molecule is COc1ccc(C(=O)Oc2ccc3c(c2)OC(=Cc2ccc(OC)c(OC)c2OC)C3=O)cc1. The molecule has 1 aliphatic heterocycles. The van der Waals surface area contributed by atoms with Gasteiger partial charge in [0.05, 0.1) is 39.6 Å². The minimum atomic E-state index is -0.544. The number of esters is 1. The molecule has 0 amide bonds. The first-order valence-corrected chi connectivity index (χ1v) is 10.2. The van der Waals surface area contributed by atoms with Crippen molar-refractivity contribution in [3.63, 3.8) is 0 Å². The summed E-state index contributed by atoms with van der Waals surface area (Å²) in [5.41, 5.74) is 1.29. The summed E-state index contributed by atoms with van der Waals surface area (Å²) in [5.74, 6) is 1.70. The lowest BCUT2D eigenvalue weighted by molar-refractivity contribution is 0.0734. The van der Waals surface area contributed by atoms with Crippen molar-refractivity contribution >= 4 is 17.8 Å². The lowest BCUT2D eigenvalue weighted by Gasteiger charge is -2.14. The van der Waals surface area contributed by atoms with Crippen LogP contribution in [0.5, 0.6) is 34.5 Å². The molecule has 8 nitrogen and oxygen atoms in total. The van der Waals surface area contributed by atoms with E-state index in [0.29, 0.717) is 39.7 Å². The van der Waals surface area contributed by atoms with E-state index in [1.807, 2.05) is 0 Å². The van der Waals surface area contributed by atoms with E-state index in [2.05, 4.69) is 0 Å². The minimum absolute atomic E-state index is 0.0964. The van der Waals surface area contributed by atoms with Crippen molar-refractivity contribution < 1.29 is 38.0 Å². The third kappa shape index (κ3) is 4.25. The van der Waals surface area contributed by atoms with Gasteiger partial charge in [-0.2, -0.15) is 0 Å². The molecule has 174 valence electrons. The summed E-state index contributed by atoms with van der Waals surface area (Å²) in [6.07, 6.45) is 1.56. The topological polar surface area (TPSA) is 89.5 Å². The van der Waals surface area contributed by atoms with Gasteiger partial charge in [-0.1, -0.05) is 0 Å². The van der Waals surface area contributed by atoms with Crippen LogP contribution in [0.1, 0.15) is 26.3 Å². The minimum Gasteiger partial charge on any atom is -0.497 e. The van der Waals surface area contributed by atoms with Crippen LogP contribution in [0.2, 0.25) is 0 Å². The maximum absolute atomic E-state index is 12.9. The predicted octanol–water partition coefficient (Wildman–Crippen LogP) is 4.56. The van der Waals surface area contributed by atoms with Gasteiger partial charge in [-0.05, 0) is 54.6 Å². The molecule has 4 rings (SSSR count). The number of rotatable bonds is 7. The molecule has 3 aromatic rings. The Hall–Kier alpha value is -4.46. The molecule has 8 heteroatoms. The van der Waals surface area contributed by atoms with Gasteiger partial charge in [-0.3, -0.25) is 4.79 Å². The highest BCUT2D eigenvalue weighted by Crippen LogP contribution is 2.42. The van der Waals surface area contributed by atoms with E-state index in [0.717, 1.165) is 0 Å². The van der Waals surface area contributed by atoms with Gasteiger partial charge in [0.2, 0.25) is 11.5 Å². The molecule has 0 N–H and O–H groups in total. The van der Waals surface area contributed by atoms with Crippen LogP contribution in [-0.4, -0.2) is 40.2 Å². The number of ketones is 1. The zero-order valence-corrected chi connectivity index (χ0v) is 19.0. The molecule has 1 aliphatic rings. The summed E-state index contributed by atoms with van der Waals surface area (Å²) in [6.45, 7) is 0. The monoisotopic (exact) mass is 462 g/mol. The van der Waals surface area contributed by atoms with E-state index in [-0.39, 0.29) is 23.0 Å². The van der Waals surface area contributed by atoms with E-state index in [1.165, 1.54) is 27.4 Å². The molecule has 0 radical (unpaired) electrons. The van der Waals surface area contributed by atoms with E-state index < -0.39 is 5.97 Å². The lowest BCUT2D eigenvalue weighted by atomic mass is 10.1. The Kier molecular flexibility index (Phi) is 6.40. The average Bonchev–Trinajstić information content (AvgIpc) is 3.17. The summed E-state index contributed by atoms with van der Waals surface area (Å²) < 4.78 is 32.5. The highest BCUT2D eigenvalue weighted by molar-refractivity contribution is 6.14. The van der Waals surface area contributed by atoms with Gasteiger partial charge in [0.1, 0.15) is 17.2 Å². The molecule has 0 unspecified atom stereocenters. The second kappa shape index (κ2) is 9.58. The fourth-order valence-electron chi connectivity index (χ4n) is 3.50. The molecule has 0 fully saturated rings. The number of hydrogen-bond donors (Lipinski definition) is 0. The Morgan fingerprint density at radius 1 is 0.794 bits per heavy atom. The van der Waals surface area contributed by atoms with E-state index in [9.17, 15) is 9.59 Å². The number of Topliss-reactive ketones (excluding diaryl/α,β-unsaturated/α-hetero) is 1. The number of fused-ring (bicyclic) bond motifs is 1. The van der Waals surface area contributed by atoms with Gasteiger partial charge in [-0.25, -0.2) is 4.79 Å². The lowest BCUT2D eigenvalue weighted by Crippen LogP contribution is -2.08. The van der Waals surface area contributed by atoms with Crippen molar-refractivity contribution in [1.29, 1.82) is 0 Å². The number of benzene rings is 3. The van der Waals surface area contributed by atoms with E-state index in [1.54, 1.807) is 61.7 Å². The van der Waals surface area contributed by atoms with Crippen LogP contribution in [0.3, 0.4) is 0 Å². The third-order valence-electron chi connectivity index (χ3n) is 5.20. The molecule has 0 saturated carbocycles. The summed E-state index contributed by atoms with van der Waals surface area (Å²) in [4.78, 5) is 25.3. The standard InChI is InChI=1S/C26H22O8/c1-29-17-8-5-15(6-9-17)26(28)33-18-10-11-19-21(14-18)34-22(23(19)27)13-16-7-12-20(30-2)25(32-4)24(16)31-3/h5-14H,1-4H3. The Morgan fingerprint density at radius 3 is 2.15 bits per heavy atom. The maximum atomic E-state index is 12.9. The normalized spacial score (nSPS) is 13.2. The highest BCUT2D eigenvalue weighted by atomic mass is 16.5. The number of allylic oxidation sites excluding steroid dienone is 1. The first-order valence-electron chi connectivity index (χ1n) is 10.2. The van der Waals surface area contributed by atoms with Crippen molar-refractivity contribution in [2.45, 2.75) is 0 Å². The van der Waals surface area contributed by atoms with Gasteiger partial charge in [-0.15, -0.1) is 0 Å². The van der Waals surface area contributed by atoms with Crippen LogP contribution in [0.4, 0.5) is 0 Å². The fraction of sp³-hybridized carbons (Fsp3) is 0.154. The largest absolute Gasteiger partial charge is 0.497 e. The molecular weight excluding hydrogens is 440 g/mol. The van der Waals surface area contributed by atoms with Gasteiger partial charge in [0.25, 0.3) is 0 Å². The van der Waals surface area contributed by atoms with E-state index >= 15 is 0 Å². The molecule has 0 bridgehead atoms. The zero-order valence-electron chi connectivity index (χ0n) is 19.0. The van der Waals surface area contributed by atoms with Crippen molar-refractivity contribution in [3.8, 4) is 34.5 Å². The van der Waals surface area contributed by atoms with Crippen LogP contribution in [0, 0.1) is 0 Å². The number of hydrogen-bond acceptors (Lipinski definition) is 8. The van der Waals surface area contributed by atoms with Crippen LogP contribution >= 0.6 is 0 Å². The average molecular weight is 462 g/mol. The van der Waals surface area contributed by atoms with Gasteiger partial charge < -0.3 is 28.4 Å². The van der Waals surface area contributed by atoms with Crippen LogP contribution in [-0.2, 0) is 0 Å². The van der Waals surface area contributed by atoms with Crippen molar-refractivity contribution in [2.24, 2.45) is 0 Å². The molecular formula is C26H22O8. The van der Waals surface area contributed by atoms with E-state index in [4.69, 9.17) is 28.4 Å². The number of carbonyl (C=O) groups is 2. The molecule has 0 spiro atoms. The number of methoxy groups -OCH3 is 4. The van der Waals surface area contributed by atoms with Crippen molar-refractivity contribution in [2.75, 3.05) is 28.4 Å². The molecule has 0 aromatic heterocycles. The molecule has 3 aromatic carbocycles. The predicted molar refractivity (Wildman–Crippen MR) is 123 cm³/mol. The molecule has 0 atom stereocenters.